The fourth-order valence-electron chi connectivity index (χ4n) is 12.1. The van der Waals surface area contributed by atoms with Crippen molar-refractivity contribution in [3.63, 3.8) is 0 Å². The highest BCUT2D eigenvalue weighted by atomic mass is 16.5. The van der Waals surface area contributed by atoms with Gasteiger partial charge in [-0.1, -0.05) is 36.4 Å². The van der Waals surface area contributed by atoms with Crippen LogP contribution in [-0.2, 0) is 31.9 Å². The topological polar surface area (TPSA) is 120 Å². The maximum atomic E-state index is 13.7. The molecule has 0 radical (unpaired) electrons. The zero-order valence-corrected chi connectivity index (χ0v) is 43.3. The number of carbonyl (C=O) groups excluding carboxylic acids is 2. The summed E-state index contributed by atoms with van der Waals surface area (Å²) in [6.45, 7) is 12.4. The van der Waals surface area contributed by atoms with E-state index in [1.807, 2.05) is 83.9 Å². The van der Waals surface area contributed by atoms with E-state index in [0.717, 1.165) is 174 Å². The van der Waals surface area contributed by atoms with Crippen molar-refractivity contribution in [2.75, 3.05) is 89.7 Å². The number of nitrogens with zero attached hydrogens (tertiary/aromatic N) is 8. The van der Waals surface area contributed by atoms with Crippen molar-refractivity contribution in [3.05, 3.63) is 154 Å². The Morgan fingerprint density at radius 3 is 1.36 bits per heavy atom. The number of fused-ring (bicyclic) bond motifs is 2. The van der Waals surface area contributed by atoms with Crippen LogP contribution in [0.25, 0.3) is 23.5 Å². The second kappa shape index (κ2) is 21.7. The molecule has 12 rings (SSSR count). The van der Waals surface area contributed by atoms with E-state index in [0.29, 0.717) is 0 Å². The number of methoxy groups -OCH3 is 2. The van der Waals surface area contributed by atoms with Crippen LogP contribution in [0.2, 0.25) is 0 Å². The molecule has 14 heteroatoms. The van der Waals surface area contributed by atoms with E-state index in [4.69, 9.17) is 18.9 Å². The molecule has 14 nitrogen and oxygen atoms in total. The molecule has 4 aromatic carbocycles. The number of carbonyl (C=O) groups is 2. The number of benzene rings is 4. The van der Waals surface area contributed by atoms with Gasteiger partial charge in [0.15, 0.2) is 0 Å². The van der Waals surface area contributed by atoms with Gasteiger partial charge in [0.1, 0.15) is 11.5 Å². The van der Waals surface area contributed by atoms with Crippen LogP contribution in [0.3, 0.4) is 0 Å². The van der Waals surface area contributed by atoms with Gasteiger partial charge in [-0.2, -0.15) is 0 Å². The van der Waals surface area contributed by atoms with Crippen molar-refractivity contribution >= 4 is 35.3 Å². The predicted molar refractivity (Wildman–Crippen MR) is 289 cm³/mol. The Morgan fingerprint density at radius 1 is 0.541 bits per heavy atom. The van der Waals surface area contributed by atoms with E-state index in [2.05, 4.69) is 66.0 Å². The first-order valence-electron chi connectivity index (χ1n) is 26.5. The van der Waals surface area contributed by atoms with Crippen molar-refractivity contribution in [1.82, 2.24) is 28.9 Å². The lowest BCUT2D eigenvalue weighted by Crippen LogP contribution is -2.39. The molecular formula is C60H68N8O6. The third kappa shape index (κ3) is 9.97. The molecule has 4 saturated heterocycles. The molecule has 0 N–H and O–H groups in total. The highest BCUT2D eigenvalue weighted by Crippen LogP contribution is 2.44. The van der Waals surface area contributed by atoms with Crippen LogP contribution in [0.4, 0.5) is 11.4 Å². The number of anilines is 2. The summed E-state index contributed by atoms with van der Waals surface area (Å²) in [5.74, 6) is 1.84. The Kier molecular flexibility index (Phi) is 14.4. The highest BCUT2D eigenvalue weighted by molar-refractivity contribution is 6.00. The Balaban J connectivity index is 0.000000159. The first-order chi connectivity index (χ1) is 36.2. The zero-order valence-electron chi connectivity index (χ0n) is 43.3. The summed E-state index contributed by atoms with van der Waals surface area (Å²) in [6.07, 6.45) is 19.2. The molecule has 0 bridgehead atoms. The van der Waals surface area contributed by atoms with Gasteiger partial charge in [0.2, 0.25) is 11.8 Å². The third-order valence-corrected chi connectivity index (χ3v) is 15.7. The maximum absolute atomic E-state index is 13.7. The van der Waals surface area contributed by atoms with Gasteiger partial charge in [0.05, 0.1) is 88.1 Å². The van der Waals surface area contributed by atoms with Crippen LogP contribution in [0.15, 0.2) is 109 Å². The van der Waals surface area contributed by atoms with E-state index in [9.17, 15) is 9.59 Å². The minimum absolute atomic E-state index is 0.147. The number of piperidine rings is 2. The lowest BCUT2D eigenvalue weighted by Gasteiger charge is -2.35. The van der Waals surface area contributed by atoms with Crippen molar-refractivity contribution < 1.29 is 28.5 Å². The second-order valence-electron chi connectivity index (χ2n) is 20.2. The van der Waals surface area contributed by atoms with Crippen LogP contribution < -0.4 is 19.3 Å². The first kappa shape index (κ1) is 49.1. The Bertz CT molecular complexity index is 2880. The summed E-state index contributed by atoms with van der Waals surface area (Å²) < 4.78 is 26.4. The quantitative estimate of drug-likeness (QED) is 0.123. The molecule has 74 heavy (non-hydrogen) atoms. The SMILES string of the molecule is COc1cc(/C=C2\CCCN([C@@H]3CCc4c3cccc4N3CCOCC3)C2=O)ccc1-n1cnc(C)c1.COc1cc(/C=C2\CCCN([C@H]3CCc4c3cccc4N3CCOCC3)C2=O)ccc1-n1cnc(C)c1. The van der Waals surface area contributed by atoms with E-state index < -0.39 is 0 Å². The van der Waals surface area contributed by atoms with Gasteiger partial charge in [0.25, 0.3) is 0 Å². The molecule has 0 saturated carbocycles. The van der Waals surface area contributed by atoms with Gasteiger partial charge in [-0.25, -0.2) is 9.97 Å². The molecule has 2 atom stereocenters. The monoisotopic (exact) mass is 997 g/mol. The highest BCUT2D eigenvalue weighted by Gasteiger charge is 2.37. The normalized spacial score (nSPS) is 21.0. The number of likely N-dealkylation sites (tertiary alicyclic amines) is 2. The molecule has 2 amide bonds. The van der Waals surface area contributed by atoms with Gasteiger partial charge in [0, 0.05) is 74.2 Å². The van der Waals surface area contributed by atoms with Crippen molar-refractivity contribution in [2.24, 2.45) is 0 Å². The van der Waals surface area contributed by atoms with Gasteiger partial charge in [-0.15, -0.1) is 0 Å². The van der Waals surface area contributed by atoms with Gasteiger partial charge >= 0.3 is 0 Å². The van der Waals surface area contributed by atoms with Crippen LogP contribution in [0, 0.1) is 13.8 Å². The molecule has 6 heterocycles. The van der Waals surface area contributed by atoms with Crippen LogP contribution in [0.5, 0.6) is 11.5 Å². The minimum Gasteiger partial charge on any atom is -0.495 e. The molecule has 2 aliphatic carbocycles. The van der Waals surface area contributed by atoms with Crippen LogP contribution in [0.1, 0.15) is 95.4 Å². The van der Waals surface area contributed by atoms with E-state index in [1.165, 1.54) is 33.6 Å². The predicted octanol–water partition coefficient (Wildman–Crippen LogP) is 9.44. The van der Waals surface area contributed by atoms with Gasteiger partial charge in [-0.05, 0) is 147 Å². The number of imidazole rings is 2. The fraction of sp³-hybridized carbons (Fsp3) is 0.400. The number of hydrogen-bond acceptors (Lipinski definition) is 10. The van der Waals surface area contributed by atoms with Crippen molar-refractivity contribution in [3.8, 4) is 22.9 Å². The number of aromatic nitrogens is 4. The smallest absolute Gasteiger partial charge is 0.250 e. The van der Waals surface area contributed by atoms with E-state index in [-0.39, 0.29) is 23.9 Å². The van der Waals surface area contributed by atoms with Crippen LogP contribution >= 0.6 is 0 Å². The Morgan fingerprint density at radius 2 is 0.973 bits per heavy atom. The summed E-state index contributed by atoms with van der Waals surface area (Å²) in [5, 5.41) is 0. The minimum atomic E-state index is 0.147. The molecule has 0 spiro atoms. The molecule has 0 unspecified atom stereocenters. The molecule has 384 valence electrons. The maximum Gasteiger partial charge on any atom is 0.250 e. The van der Waals surface area contributed by atoms with Gasteiger partial charge < -0.3 is 47.7 Å². The van der Waals surface area contributed by atoms with Gasteiger partial charge in [-0.3, -0.25) is 9.59 Å². The number of amides is 2. The van der Waals surface area contributed by atoms with E-state index >= 15 is 0 Å². The first-order valence-corrected chi connectivity index (χ1v) is 26.5. The number of rotatable bonds is 10. The lowest BCUT2D eigenvalue weighted by molar-refractivity contribution is -0.131. The summed E-state index contributed by atoms with van der Waals surface area (Å²) in [4.78, 5) is 45.3. The van der Waals surface area contributed by atoms with E-state index in [1.54, 1.807) is 26.9 Å². The molecule has 2 aromatic heterocycles. The number of aryl methyl sites for hydroxylation is 2. The average Bonchev–Trinajstić information content (AvgIpc) is 4.28. The number of ether oxygens (including phenoxy) is 4. The Hall–Kier alpha value is -7.16. The lowest BCUT2D eigenvalue weighted by atomic mass is 9.97. The molecule has 6 aromatic rings. The molecule has 4 fully saturated rings. The number of morpholine rings is 2. The Labute approximate surface area is 434 Å². The standard InChI is InChI=1S/2C30H34N4O3/c2*1-21-19-33(20-31-21)28-10-8-22(18-29(28)36-2)17-23-5-4-12-34(30(23)35)27-11-9-25-24(27)6-3-7-26(25)32-13-15-37-16-14-32/h2*3,6-8,10,17-20,27H,4-5,9,11-16H2,1-2H3/b2*23-17+/t2*27-/m10/s1. The van der Waals surface area contributed by atoms with Crippen molar-refractivity contribution in [1.29, 1.82) is 0 Å². The van der Waals surface area contributed by atoms with Crippen LogP contribution in [-0.4, -0.2) is 121 Å². The average molecular weight is 997 g/mol. The number of hydrogen-bond donors (Lipinski definition) is 0. The van der Waals surface area contributed by atoms with Crippen molar-refractivity contribution in [2.45, 2.75) is 77.3 Å². The largest absolute Gasteiger partial charge is 0.495 e. The molecular weight excluding hydrogens is 929 g/mol. The summed E-state index contributed by atoms with van der Waals surface area (Å²) in [7, 11) is 3.35. The summed E-state index contributed by atoms with van der Waals surface area (Å²) in [5.41, 5.74) is 15.6. The zero-order chi connectivity index (χ0) is 50.7. The second-order valence-corrected chi connectivity index (χ2v) is 20.2. The fourth-order valence-corrected chi connectivity index (χ4v) is 12.1. The summed E-state index contributed by atoms with van der Waals surface area (Å²) in [6, 6.07) is 25.7. The third-order valence-electron chi connectivity index (χ3n) is 15.7. The molecule has 6 aliphatic rings. The molecule has 4 aliphatic heterocycles. The summed E-state index contributed by atoms with van der Waals surface area (Å²) >= 11 is 0.